The average Bonchev–Trinajstić information content (AvgIpc) is 2.84. The van der Waals surface area contributed by atoms with Crippen molar-refractivity contribution in [1.29, 1.82) is 0 Å². The number of aromatic nitrogens is 1. The molecule has 0 atom stereocenters. The van der Waals surface area contributed by atoms with Crippen LogP contribution in [-0.2, 0) is 22.7 Å². The third kappa shape index (κ3) is 5.50. The number of fused-ring (bicyclic) bond motifs is 1. The summed E-state index contributed by atoms with van der Waals surface area (Å²) < 4.78 is 30.7. The van der Waals surface area contributed by atoms with Crippen LogP contribution in [0.4, 0.5) is 5.69 Å². The van der Waals surface area contributed by atoms with Gasteiger partial charge < -0.3 is 5.73 Å². The summed E-state index contributed by atoms with van der Waals surface area (Å²) in [5.41, 5.74) is 9.74. The number of benzene rings is 3. The van der Waals surface area contributed by atoms with Gasteiger partial charge in [0.05, 0.1) is 10.6 Å². The van der Waals surface area contributed by atoms with Gasteiger partial charge in [-0.25, -0.2) is 8.42 Å². The standard InChI is InChI=1S/C28H33B2N3O2S/c1-21(2)28-26-17-24(31)18-27(25(26)15-16-32-28)36(34,35)33(29(3)19-22-11-7-5-8-12-22)30(4)20-23-13-9-6-10-14-23/h5-18,21H,19-20,31H2,1-4H3. The van der Waals surface area contributed by atoms with Gasteiger partial charge in [-0.2, -0.15) is 0 Å². The molecule has 0 aliphatic rings. The summed E-state index contributed by atoms with van der Waals surface area (Å²) >= 11 is 0. The molecular weight excluding hydrogens is 464 g/mol. The average molecular weight is 497 g/mol. The van der Waals surface area contributed by atoms with E-state index in [1.807, 2.05) is 80.4 Å². The first-order chi connectivity index (χ1) is 17.2. The van der Waals surface area contributed by atoms with Gasteiger partial charge in [0.1, 0.15) is 0 Å². The third-order valence-corrected chi connectivity index (χ3v) is 8.78. The molecule has 2 N–H and O–H groups in total. The topological polar surface area (TPSA) is 76.3 Å². The second-order valence-electron chi connectivity index (χ2n) is 9.88. The molecule has 0 fully saturated rings. The molecule has 0 spiro atoms. The van der Waals surface area contributed by atoms with Gasteiger partial charge in [0.2, 0.25) is 23.7 Å². The predicted molar refractivity (Wildman–Crippen MR) is 153 cm³/mol. The monoisotopic (exact) mass is 497 g/mol. The van der Waals surface area contributed by atoms with Crippen molar-refractivity contribution in [2.45, 2.75) is 50.9 Å². The minimum Gasteiger partial charge on any atom is -0.399 e. The zero-order valence-corrected chi connectivity index (χ0v) is 22.2. The van der Waals surface area contributed by atoms with Crippen molar-refractivity contribution in [1.82, 2.24) is 9.11 Å². The second-order valence-corrected chi connectivity index (χ2v) is 11.7. The molecule has 1 heterocycles. The highest BCUT2D eigenvalue weighted by Gasteiger charge is 2.38. The zero-order chi connectivity index (χ0) is 25.9. The Morgan fingerprint density at radius 1 is 0.833 bits per heavy atom. The Kier molecular flexibility index (Phi) is 7.86. The molecule has 1 aromatic heterocycles. The zero-order valence-electron chi connectivity index (χ0n) is 21.4. The maximum atomic E-state index is 14.5. The minimum absolute atomic E-state index is 0.135. The van der Waals surface area contributed by atoms with Crippen molar-refractivity contribution in [3.8, 4) is 0 Å². The highest BCUT2D eigenvalue weighted by atomic mass is 32.2. The molecule has 5 nitrogen and oxygen atoms in total. The van der Waals surface area contributed by atoms with E-state index in [-0.39, 0.29) is 24.5 Å². The minimum atomic E-state index is -3.91. The molecule has 0 saturated carbocycles. The summed E-state index contributed by atoms with van der Waals surface area (Å²) in [4.78, 5) is 4.77. The largest absolute Gasteiger partial charge is 0.399 e. The van der Waals surface area contributed by atoms with E-state index in [0.717, 1.165) is 22.2 Å². The van der Waals surface area contributed by atoms with E-state index in [0.29, 0.717) is 23.7 Å². The summed E-state index contributed by atoms with van der Waals surface area (Å²) in [5.74, 6) is 0.135. The molecule has 0 unspecified atom stereocenters. The Morgan fingerprint density at radius 3 is 1.86 bits per heavy atom. The summed E-state index contributed by atoms with van der Waals surface area (Å²) in [6.45, 7) is 7.55. The van der Waals surface area contributed by atoms with Crippen molar-refractivity contribution >= 4 is 40.2 Å². The smallest absolute Gasteiger partial charge is 0.229 e. The van der Waals surface area contributed by atoms with Crippen LogP contribution in [0.5, 0.6) is 0 Å². The second kappa shape index (κ2) is 10.9. The highest BCUT2D eigenvalue weighted by molar-refractivity contribution is 7.91. The lowest BCUT2D eigenvalue weighted by molar-refractivity contribution is 0.574. The number of hydrogen-bond donors (Lipinski definition) is 1. The first-order valence-electron chi connectivity index (χ1n) is 12.5. The van der Waals surface area contributed by atoms with Crippen molar-refractivity contribution < 1.29 is 8.42 Å². The number of rotatable bonds is 9. The number of nitrogens with zero attached hydrogens (tertiary/aromatic N) is 2. The predicted octanol–water partition coefficient (Wildman–Crippen LogP) is 5.74. The lowest BCUT2D eigenvalue weighted by Gasteiger charge is -2.32. The van der Waals surface area contributed by atoms with E-state index in [1.54, 1.807) is 22.5 Å². The highest BCUT2D eigenvalue weighted by Crippen LogP contribution is 2.33. The molecule has 4 rings (SSSR count). The number of anilines is 1. The van der Waals surface area contributed by atoms with Gasteiger partial charge in [0.15, 0.2) is 0 Å². The normalized spacial score (nSPS) is 11.8. The maximum absolute atomic E-state index is 14.5. The lowest BCUT2D eigenvalue weighted by atomic mass is 9.48. The molecule has 3 aromatic carbocycles. The summed E-state index contributed by atoms with van der Waals surface area (Å²) in [5, 5.41) is 1.45. The van der Waals surface area contributed by atoms with Crippen LogP contribution >= 0.6 is 0 Å². The van der Waals surface area contributed by atoms with Crippen molar-refractivity contribution in [3.05, 3.63) is 102 Å². The Labute approximate surface area is 216 Å². The Morgan fingerprint density at radius 2 is 1.36 bits per heavy atom. The molecule has 184 valence electrons. The molecule has 8 heteroatoms. The lowest BCUT2D eigenvalue weighted by Crippen LogP contribution is -2.52. The van der Waals surface area contributed by atoms with Crippen LogP contribution in [0.15, 0.2) is 90.0 Å². The molecule has 0 bridgehead atoms. The molecule has 0 radical (unpaired) electrons. The van der Waals surface area contributed by atoms with E-state index in [2.05, 4.69) is 18.8 Å². The van der Waals surface area contributed by atoms with Gasteiger partial charge in [-0.3, -0.25) is 9.11 Å². The van der Waals surface area contributed by atoms with Crippen LogP contribution in [0.1, 0.15) is 36.6 Å². The van der Waals surface area contributed by atoms with Gasteiger partial charge in [0.25, 0.3) is 0 Å². The summed E-state index contributed by atoms with van der Waals surface area (Å²) in [6, 6.07) is 25.3. The fraction of sp³-hybridized carbons (Fsp3) is 0.250. The fourth-order valence-electron chi connectivity index (χ4n) is 5.08. The van der Waals surface area contributed by atoms with Gasteiger partial charge in [-0.15, -0.1) is 0 Å². The number of hydrogen-bond acceptors (Lipinski definition) is 4. The van der Waals surface area contributed by atoms with E-state index >= 15 is 0 Å². The van der Waals surface area contributed by atoms with Crippen molar-refractivity contribution in [2.24, 2.45) is 0 Å². The fourth-order valence-corrected chi connectivity index (χ4v) is 7.14. The Balaban J connectivity index is 1.84. The molecule has 0 amide bonds. The quantitative estimate of drug-likeness (QED) is 0.237. The van der Waals surface area contributed by atoms with Crippen LogP contribution in [0.25, 0.3) is 10.8 Å². The summed E-state index contributed by atoms with van der Waals surface area (Å²) in [7, 11) is -3.91. The van der Waals surface area contributed by atoms with E-state index < -0.39 is 10.0 Å². The van der Waals surface area contributed by atoms with Crippen molar-refractivity contribution in [2.75, 3.05) is 5.73 Å². The first-order valence-corrected chi connectivity index (χ1v) is 13.9. The number of pyridine rings is 1. The van der Waals surface area contributed by atoms with Crippen LogP contribution in [0, 0.1) is 0 Å². The van der Waals surface area contributed by atoms with E-state index in [1.165, 1.54) is 0 Å². The maximum Gasteiger partial charge on any atom is 0.229 e. The number of sulfonamides is 1. The van der Waals surface area contributed by atoms with Gasteiger partial charge >= 0.3 is 0 Å². The van der Waals surface area contributed by atoms with E-state index in [9.17, 15) is 8.42 Å². The number of nitrogens with two attached hydrogens (primary N) is 1. The van der Waals surface area contributed by atoms with Crippen LogP contribution in [-0.4, -0.2) is 31.2 Å². The Bertz CT molecular complexity index is 1380. The third-order valence-electron chi connectivity index (χ3n) is 6.61. The van der Waals surface area contributed by atoms with Gasteiger partial charge in [0, 0.05) is 22.7 Å². The molecule has 0 saturated heterocycles. The molecule has 0 aliphatic heterocycles. The summed E-state index contributed by atoms with van der Waals surface area (Å²) in [6.07, 6.45) is 2.91. The van der Waals surface area contributed by atoms with Crippen LogP contribution in [0.2, 0.25) is 13.6 Å². The molecular formula is C28H33B2N3O2S. The molecule has 36 heavy (non-hydrogen) atoms. The van der Waals surface area contributed by atoms with E-state index in [4.69, 9.17) is 5.73 Å². The SMILES string of the molecule is CB(Cc1ccccc1)N(B(C)Cc1ccccc1)S(=O)(=O)c1cc(N)cc2c(C(C)C)nccc12. The molecule has 0 aliphatic carbocycles. The Hall–Kier alpha value is -3.09. The van der Waals surface area contributed by atoms with Crippen LogP contribution in [0.3, 0.4) is 0 Å². The van der Waals surface area contributed by atoms with Gasteiger partial charge in [-0.1, -0.05) is 99.3 Å². The molecule has 4 aromatic rings. The number of nitrogen functional groups attached to an aromatic ring is 1. The first kappa shape index (κ1) is 26.0. The van der Waals surface area contributed by atoms with Gasteiger partial charge in [-0.05, 0) is 36.8 Å². The van der Waals surface area contributed by atoms with Crippen LogP contribution < -0.4 is 5.73 Å². The van der Waals surface area contributed by atoms with Crippen molar-refractivity contribution in [3.63, 3.8) is 0 Å².